The van der Waals surface area contributed by atoms with E-state index in [0.29, 0.717) is 17.5 Å². The molecule has 4 heteroatoms. The van der Waals surface area contributed by atoms with Gasteiger partial charge in [-0.25, -0.2) is 15.0 Å². The number of rotatable bonds is 7. The number of aromatic nitrogens is 3. The minimum absolute atomic E-state index is 0.604. The van der Waals surface area contributed by atoms with Crippen molar-refractivity contribution in [2.45, 2.75) is 0 Å². The molecule has 13 aromatic rings. The van der Waals surface area contributed by atoms with Crippen LogP contribution in [0.25, 0.3) is 133 Å². The second-order valence-corrected chi connectivity index (χ2v) is 17.1. The van der Waals surface area contributed by atoms with Gasteiger partial charge in [0.25, 0.3) is 0 Å². The average Bonchev–Trinajstić information content (AvgIpc) is 3.80. The molecule has 0 N–H and O–H groups in total. The molecule has 0 radical (unpaired) electrons. The lowest BCUT2D eigenvalue weighted by Gasteiger charge is -2.14. The molecular formula is C63H39N3O. The second-order valence-electron chi connectivity index (χ2n) is 17.1. The summed E-state index contributed by atoms with van der Waals surface area (Å²) in [7, 11) is 0. The topological polar surface area (TPSA) is 51.8 Å². The summed E-state index contributed by atoms with van der Waals surface area (Å²) in [5.74, 6) is 1.85. The van der Waals surface area contributed by atoms with Crippen molar-refractivity contribution < 1.29 is 4.42 Å². The van der Waals surface area contributed by atoms with Gasteiger partial charge in [0.05, 0.1) is 0 Å². The van der Waals surface area contributed by atoms with E-state index in [9.17, 15) is 0 Å². The van der Waals surface area contributed by atoms with E-state index in [1.54, 1.807) is 0 Å². The standard InChI is InChI=1S/C63H39N3O/c1-3-15-44(16-4-1)61-64-62(45-17-5-2-6-18-45)66-63(65-61)54-24-12-7-19-48(54)47-38-56(60-55-25-13-14-26-58(55)67-59(60)39-47)43-33-31-41(32-34-43)40-27-29-42(30-28-40)46-35-36-53-51-22-9-8-20-49(51)50-21-10-11-23-52(50)57(53)37-46/h1-39H. The lowest BCUT2D eigenvalue weighted by atomic mass is 9.91. The lowest BCUT2D eigenvalue weighted by molar-refractivity contribution is 0.669. The zero-order chi connectivity index (χ0) is 44.3. The number of furan rings is 1. The monoisotopic (exact) mass is 853 g/mol. The van der Waals surface area contributed by atoms with Crippen LogP contribution in [-0.4, -0.2) is 15.0 Å². The molecule has 0 spiro atoms. The van der Waals surface area contributed by atoms with Gasteiger partial charge in [-0.3, -0.25) is 0 Å². The molecule has 0 amide bonds. The Bertz CT molecular complexity index is 3920. The fraction of sp³-hybridized carbons (Fsp3) is 0. The van der Waals surface area contributed by atoms with Crippen molar-refractivity contribution in [3.8, 4) is 78.7 Å². The molecule has 0 saturated heterocycles. The number of fused-ring (bicyclic) bond motifs is 9. The smallest absolute Gasteiger partial charge is 0.164 e. The highest BCUT2D eigenvalue weighted by atomic mass is 16.3. The Morgan fingerprint density at radius 2 is 0.657 bits per heavy atom. The third kappa shape index (κ3) is 6.74. The first-order chi connectivity index (χ1) is 33.2. The number of hydrogen-bond acceptors (Lipinski definition) is 4. The summed E-state index contributed by atoms with van der Waals surface area (Å²) < 4.78 is 6.64. The second kappa shape index (κ2) is 15.9. The van der Waals surface area contributed by atoms with Crippen molar-refractivity contribution in [1.82, 2.24) is 15.0 Å². The quantitative estimate of drug-likeness (QED) is 0.150. The number of hydrogen-bond donors (Lipinski definition) is 0. The molecule has 0 unspecified atom stereocenters. The van der Waals surface area contributed by atoms with E-state index >= 15 is 0 Å². The van der Waals surface area contributed by atoms with Crippen LogP contribution in [0.15, 0.2) is 241 Å². The van der Waals surface area contributed by atoms with Crippen LogP contribution in [0.4, 0.5) is 0 Å². The Hall–Kier alpha value is -8.99. The zero-order valence-electron chi connectivity index (χ0n) is 36.3. The van der Waals surface area contributed by atoms with Gasteiger partial charge in [-0.1, -0.05) is 212 Å². The van der Waals surface area contributed by atoms with Crippen LogP contribution in [0, 0.1) is 0 Å². The van der Waals surface area contributed by atoms with E-state index in [0.717, 1.165) is 72.0 Å². The Balaban J connectivity index is 0.886. The molecule has 0 aliphatic carbocycles. The van der Waals surface area contributed by atoms with Gasteiger partial charge in [-0.2, -0.15) is 0 Å². The van der Waals surface area contributed by atoms with Crippen LogP contribution < -0.4 is 0 Å². The van der Waals surface area contributed by atoms with Gasteiger partial charge >= 0.3 is 0 Å². The highest BCUT2D eigenvalue weighted by Gasteiger charge is 2.20. The predicted molar refractivity (Wildman–Crippen MR) is 278 cm³/mol. The first-order valence-corrected chi connectivity index (χ1v) is 22.7. The fourth-order valence-corrected chi connectivity index (χ4v) is 9.88. The van der Waals surface area contributed by atoms with Crippen LogP contribution >= 0.6 is 0 Å². The molecule has 0 aliphatic heterocycles. The van der Waals surface area contributed by atoms with Gasteiger partial charge < -0.3 is 4.42 Å². The molecular weight excluding hydrogens is 815 g/mol. The Labute approximate surface area is 387 Å². The first-order valence-electron chi connectivity index (χ1n) is 22.7. The van der Waals surface area contributed by atoms with Gasteiger partial charge in [0.2, 0.25) is 0 Å². The highest BCUT2D eigenvalue weighted by Crippen LogP contribution is 2.43. The molecule has 67 heavy (non-hydrogen) atoms. The molecule has 0 saturated carbocycles. The van der Waals surface area contributed by atoms with Gasteiger partial charge in [-0.15, -0.1) is 0 Å². The molecule has 13 rings (SSSR count). The van der Waals surface area contributed by atoms with Crippen molar-refractivity contribution in [3.05, 3.63) is 237 Å². The maximum atomic E-state index is 6.64. The largest absolute Gasteiger partial charge is 0.456 e. The van der Waals surface area contributed by atoms with Crippen molar-refractivity contribution in [2.75, 3.05) is 0 Å². The summed E-state index contributed by atoms with van der Waals surface area (Å²) in [6, 6.07) is 83.6. The Morgan fingerprint density at radius 3 is 1.25 bits per heavy atom. The summed E-state index contributed by atoms with van der Waals surface area (Å²) in [4.78, 5) is 15.2. The van der Waals surface area contributed by atoms with Crippen LogP contribution in [0.5, 0.6) is 0 Å². The number of nitrogens with zero attached hydrogens (tertiary/aromatic N) is 3. The number of benzene rings is 11. The molecule has 2 aromatic heterocycles. The molecule has 0 fully saturated rings. The van der Waals surface area contributed by atoms with Gasteiger partial charge in [0.15, 0.2) is 17.5 Å². The summed E-state index contributed by atoms with van der Waals surface area (Å²) in [6.07, 6.45) is 0. The zero-order valence-corrected chi connectivity index (χ0v) is 36.3. The van der Waals surface area contributed by atoms with Crippen molar-refractivity contribution >= 4 is 54.3 Å². The minimum Gasteiger partial charge on any atom is -0.456 e. The van der Waals surface area contributed by atoms with E-state index < -0.39 is 0 Å². The van der Waals surface area contributed by atoms with E-state index in [4.69, 9.17) is 19.4 Å². The maximum absolute atomic E-state index is 6.64. The van der Waals surface area contributed by atoms with Crippen molar-refractivity contribution in [2.24, 2.45) is 0 Å². The Morgan fingerprint density at radius 1 is 0.224 bits per heavy atom. The minimum atomic E-state index is 0.604. The molecule has 0 bridgehead atoms. The van der Waals surface area contributed by atoms with Crippen LogP contribution in [0.1, 0.15) is 0 Å². The molecule has 312 valence electrons. The van der Waals surface area contributed by atoms with Crippen molar-refractivity contribution in [3.63, 3.8) is 0 Å². The SMILES string of the molecule is c1ccc(-c2nc(-c3ccccc3)nc(-c3ccccc3-c3cc(-c4ccc(-c5ccc(-c6ccc7c8ccccc8c8ccccc8c7c6)cc5)cc4)c4c(c3)oc3ccccc34)n2)cc1. The maximum Gasteiger partial charge on any atom is 0.164 e. The van der Waals surface area contributed by atoms with Crippen LogP contribution in [0.2, 0.25) is 0 Å². The number of para-hydroxylation sites is 1. The average molecular weight is 854 g/mol. The van der Waals surface area contributed by atoms with E-state index in [-0.39, 0.29) is 0 Å². The van der Waals surface area contributed by atoms with Crippen LogP contribution in [-0.2, 0) is 0 Å². The van der Waals surface area contributed by atoms with E-state index in [1.807, 2.05) is 78.9 Å². The van der Waals surface area contributed by atoms with E-state index in [1.165, 1.54) is 43.4 Å². The van der Waals surface area contributed by atoms with E-state index in [2.05, 4.69) is 158 Å². The van der Waals surface area contributed by atoms with Gasteiger partial charge in [-0.05, 0) is 101 Å². The summed E-state index contributed by atoms with van der Waals surface area (Å²) in [5, 5.41) is 9.87. The van der Waals surface area contributed by atoms with Gasteiger partial charge in [0.1, 0.15) is 11.2 Å². The first kappa shape index (κ1) is 38.5. The van der Waals surface area contributed by atoms with Crippen molar-refractivity contribution in [1.29, 1.82) is 0 Å². The third-order valence-electron chi connectivity index (χ3n) is 13.1. The summed E-state index contributed by atoms with van der Waals surface area (Å²) in [6.45, 7) is 0. The molecule has 2 heterocycles. The highest BCUT2D eigenvalue weighted by molar-refractivity contribution is 6.25. The molecule has 4 nitrogen and oxygen atoms in total. The predicted octanol–water partition coefficient (Wildman–Crippen LogP) is 16.9. The molecule has 0 atom stereocenters. The normalized spacial score (nSPS) is 11.6. The lowest BCUT2D eigenvalue weighted by Crippen LogP contribution is -2.01. The summed E-state index contributed by atoms with van der Waals surface area (Å²) in [5.41, 5.74) is 13.4. The third-order valence-corrected chi connectivity index (χ3v) is 13.1. The Kier molecular flexibility index (Phi) is 9.14. The molecule has 11 aromatic carbocycles. The van der Waals surface area contributed by atoms with Crippen LogP contribution in [0.3, 0.4) is 0 Å². The molecule has 0 aliphatic rings. The fourth-order valence-electron chi connectivity index (χ4n) is 9.88. The summed E-state index contributed by atoms with van der Waals surface area (Å²) >= 11 is 0. The van der Waals surface area contributed by atoms with Gasteiger partial charge in [0, 0.05) is 27.5 Å².